The van der Waals surface area contributed by atoms with Gasteiger partial charge in [-0.1, -0.05) is 39.8 Å². The highest BCUT2D eigenvalue weighted by Gasteiger charge is 2.38. The molecule has 0 heterocycles. The summed E-state index contributed by atoms with van der Waals surface area (Å²) in [6, 6.07) is 6.07. The fourth-order valence-corrected chi connectivity index (χ4v) is 2.94. The van der Waals surface area contributed by atoms with Gasteiger partial charge < -0.3 is 10.6 Å². The monoisotopic (exact) mass is 348 g/mol. The Morgan fingerprint density at radius 1 is 1.24 bits per heavy atom. The van der Waals surface area contributed by atoms with Gasteiger partial charge in [-0.05, 0) is 41.9 Å². The summed E-state index contributed by atoms with van der Waals surface area (Å²) in [4.78, 5) is 24.1. The van der Waals surface area contributed by atoms with E-state index in [4.69, 9.17) is 0 Å². The quantitative estimate of drug-likeness (QED) is 0.791. The van der Waals surface area contributed by atoms with Gasteiger partial charge in [-0.15, -0.1) is 0 Å². The van der Waals surface area contributed by atoms with E-state index in [1.54, 1.807) is 12.1 Å². The van der Waals surface area contributed by atoms with Crippen LogP contribution in [0.2, 0.25) is 0 Å². The van der Waals surface area contributed by atoms with Crippen LogP contribution in [0.4, 0.5) is 4.39 Å². The van der Waals surface area contributed by atoms with E-state index in [-0.39, 0.29) is 41.4 Å². The van der Waals surface area contributed by atoms with Crippen molar-refractivity contribution in [3.8, 4) is 0 Å². The second-order valence-electron chi connectivity index (χ2n) is 8.30. The maximum Gasteiger partial charge on any atom is 0.223 e. The van der Waals surface area contributed by atoms with Crippen LogP contribution in [0.3, 0.4) is 0 Å². The first-order valence-electron chi connectivity index (χ1n) is 8.98. The molecule has 3 atom stereocenters. The zero-order chi connectivity index (χ0) is 18.6. The van der Waals surface area contributed by atoms with Crippen molar-refractivity contribution in [2.75, 3.05) is 6.54 Å². The lowest BCUT2D eigenvalue weighted by Crippen LogP contribution is -2.34. The third-order valence-corrected chi connectivity index (χ3v) is 4.52. The Hall–Kier alpha value is -1.91. The number of nitrogens with one attached hydrogen (secondary N) is 2. The lowest BCUT2D eigenvalue weighted by molar-refractivity contribution is -0.123. The number of hydrogen-bond donors (Lipinski definition) is 2. The molecule has 2 rings (SSSR count). The van der Waals surface area contributed by atoms with Gasteiger partial charge >= 0.3 is 0 Å². The van der Waals surface area contributed by atoms with Crippen molar-refractivity contribution in [1.82, 2.24) is 10.6 Å². The number of halogens is 1. The van der Waals surface area contributed by atoms with Gasteiger partial charge in [0.1, 0.15) is 5.82 Å². The van der Waals surface area contributed by atoms with E-state index >= 15 is 0 Å². The van der Waals surface area contributed by atoms with Gasteiger partial charge in [0.25, 0.3) is 0 Å². The fourth-order valence-electron chi connectivity index (χ4n) is 2.94. The molecule has 2 N–H and O–H groups in total. The Bertz CT molecular complexity index is 607. The third kappa shape index (κ3) is 6.48. The Labute approximate surface area is 149 Å². The second kappa shape index (κ2) is 7.98. The normalized spacial score (nSPS) is 20.7. The smallest absolute Gasteiger partial charge is 0.223 e. The topological polar surface area (TPSA) is 58.2 Å². The van der Waals surface area contributed by atoms with E-state index in [1.807, 2.05) is 0 Å². The van der Waals surface area contributed by atoms with Crippen LogP contribution in [0.5, 0.6) is 0 Å². The highest BCUT2D eigenvalue weighted by Crippen LogP contribution is 2.37. The summed E-state index contributed by atoms with van der Waals surface area (Å²) in [6.45, 7) is 8.71. The van der Waals surface area contributed by atoms with Crippen LogP contribution in [-0.2, 0) is 9.59 Å². The Morgan fingerprint density at radius 2 is 1.84 bits per heavy atom. The standard InChI is InChI=1S/C20H29FN2O2/c1-13-11-16(13)19(25)22-10-9-18(24)23-17(12-20(2,3)4)14-5-7-15(21)8-6-14/h5-8,13,16-17H,9-12H2,1-4H3,(H,22,25)(H,23,24)/t13-,16-,17-/m1/s1. The summed E-state index contributed by atoms with van der Waals surface area (Å²) in [5.41, 5.74) is 0.906. The second-order valence-corrected chi connectivity index (χ2v) is 8.30. The average Bonchev–Trinajstić information content (AvgIpc) is 3.23. The molecule has 0 bridgehead atoms. The summed E-state index contributed by atoms with van der Waals surface area (Å²) >= 11 is 0. The molecule has 1 aliphatic carbocycles. The van der Waals surface area contributed by atoms with Crippen LogP contribution in [0.15, 0.2) is 24.3 Å². The highest BCUT2D eigenvalue weighted by molar-refractivity contribution is 5.82. The van der Waals surface area contributed by atoms with Gasteiger partial charge in [0, 0.05) is 18.9 Å². The summed E-state index contributed by atoms with van der Waals surface area (Å²) in [5, 5.41) is 5.85. The lowest BCUT2D eigenvalue weighted by atomic mass is 9.85. The Kier molecular flexibility index (Phi) is 6.20. The average molecular weight is 348 g/mol. The van der Waals surface area contributed by atoms with Gasteiger partial charge in [0.2, 0.25) is 11.8 Å². The van der Waals surface area contributed by atoms with E-state index in [0.717, 1.165) is 18.4 Å². The van der Waals surface area contributed by atoms with Gasteiger partial charge in [-0.2, -0.15) is 0 Å². The summed E-state index contributed by atoms with van der Waals surface area (Å²) in [5.74, 6) is 0.230. The van der Waals surface area contributed by atoms with Crippen molar-refractivity contribution in [1.29, 1.82) is 0 Å². The maximum atomic E-state index is 13.2. The molecule has 1 aromatic rings. The van der Waals surface area contributed by atoms with Crippen LogP contribution in [0.1, 0.15) is 58.6 Å². The largest absolute Gasteiger partial charge is 0.355 e. The predicted octanol–water partition coefficient (Wildman–Crippen LogP) is 3.58. The van der Waals surface area contributed by atoms with E-state index in [1.165, 1.54) is 12.1 Å². The van der Waals surface area contributed by atoms with E-state index in [9.17, 15) is 14.0 Å². The molecule has 0 aliphatic heterocycles. The zero-order valence-electron chi connectivity index (χ0n) is 15.6. The van der Waals surface area contributed by atoms with Crippen molar-refractivity contribution >= 4 is 11.8 Å². The first-order valence-corrected chi connectivity index (χ1v) is 8.98. The minimum Gasteiger partial charge on any atom is -0.355 e. The minimum atomic E-state index is -0.290. The van der Waals surface area contributed by atoms with Gasteiger partial charge in [-0.3, -0.25) is 9.59 Å². The molecule has 1 aliphatic rings. The highest BCUT2D eigenvalue weighted by atomic mass is 19.1. The molecule has 25 heavy (non-hydrogen) atoms. The molecule has 0 saturated heterocycles. The summed E-state index contributed by atoms with van der Waals surface area (Å²) in [6.07, 6.45) is 1.93. The molecule has 0 spiro atoms. The Morgan fingerprint density at radius 3 is 2.36 bits per heavy atom. The molecule has 0 unspecified atom stereocenters. The molecule has 4 nitrogen and oxygen atoms in total. The molecule has 2 amide bonds. The van der Waals surface area contributed by atoms with Crippen molar-refractivity contribution in [2.24, 2.45) is 17.3 Å². The van der Waals surface area contributed by atoms with Crippen molar-refractivity contribution in [3.05, 3.63) is 35.6 Å². The van der Waals surface area contributed by atoms with Crippen molar-refractivity contribution < 1.29 is 14.0 Å². The SMILES string of the molecule is C[C@@H]1C[C@H]1C(=O)NCCC(=O)N[C@H](CC(C)(C)C)c1ccc(F)cc1. The number of benzene rings is 1. The molecule has 1 fully saturated rings. The Balaban J connectivity index is 1.88. The number of hydrogen-bond acceptors (Lipinski definition) is 2. The number of carbonyl (C=O) groups is 2. The molecule has 0 aromatic heterocycles. The van der Waals surface area contributed by atoms with Crippen LogP contribution in [0.25, 0.3) is 0 Å². The molecular weight excluding hydrogens is 319 g/mol. The van der Waals surface area contributed by atoms with Gasteiger partial charge in [-0.25, -0.2) is 4.39 Å². The summed E-state index contributed by atoms with van der Waals surface area (Å²) in [7, 11) is 0. The van der Waals surface area contributed by atoms with E-state index in [0.29, 0.717) is 12.5 Å². The fraction of sp³-hybridized carbons (Fsp3) is 0.600. The molecule has 1 aromatic carbocycles. The van der Waals surface area contributed by atoms with E-state index in [2.05, 4.69) is 38.3 Å². The molecule has 1 saturated carbocycles. The number of amides is 2. The molecule has 0 radical (unpaired) electrons. The predicted molar refractivity (Wildman–Crippen MR) is 96.3 cm³/mol. The molecule has 138 valence electrons. The van der Waals surface area contributed by atoms with Crippen LogP contribution in [-0.4, -0.2) is 18.4 Å². The minimum absolute atomic E-state index is 0.0165. The summed E-state index contributed by atoms with van der Waals surface area (Å²) < 4.78 is 13.2. The van der Waals surface area contributed by atoms with Crippen LogP contribution in [0, 0.1) is 23.1 Å². The van der Waals surface area contributed by atoms with E-state index < -0.39 is 0 Å². The first-order chi connectivity index (χ1) is 11.7. The van der Waals surface area contributed by atoms with Gasteiger partial charge in [0.15, 0.2) is 0 Å². The van der Waals surface area contributed by atoms with Crippen molar-refractivity contribution in [2.45, 2.75) is 53.0 Å². The number of carbonyl (C=O) groups excluding carboxylic acids is 2. The first kappa shape index (κ1) is 19.4. The van der Waals surface area contributed by atoms with Gasteiger partial charge in [0.05, 0.1) is 6.04 Å². The zero-order valence-corrected chi connectivity index (χ0v) is 15.6. The third-order valence-electron chi connectivity index (χ3n) is 4.52. The number of rotatable bonds is 7. The molecular formula is C20H29FN2O2. The molecule has 5 heteroatoms. The van der Waals surface area contributed by atoms with Crippen molar-refractivity contribution in [3.63, 3.8) is 0 Å². The lowest BCUT2D eigenvalue weighted by Gasteiger charge is -2.27. The van der Waals surface area contributed by atoms with Crippen LogP contribution < -0.4 is 10.6 Å². The maximum absolute atomic E-state index is 13.2. The van der Waals surface area contributed by atoms with Crippen LogP contribution >= 0.6 is 0 Å².